The molecule has 0 fully saturated rings. The fourth-order valence-corrected chi connectivity index (χ4v) is 2.14. The molecule has 104 valence electrons. The number of carboxylic acid groups (broad SMARTS) is 1. The van der Waals surface area contributed by atoms with Crippen molar-refractivity contribution in [3.05, 3.63) is 58.9 Å². The molecule has 0 saturated carbocycles. The number of carboxylic acids is 1. The van der Waals surface area contributed by atoms with Gasteiger partial charge < -0.3 is 5.11 Å². The number of aliphatic carboxylic acids is 1. The van der Waals surface area contributed by atoms with Crippen LogP contribution in [0.4, 0.5) is 4.39 Å². The van der Waals surface area contributed by atoms with Gasteiger partial charge in [-0.15, -0.1) is 0 Å². The minimum atomic E-state index is -0.980. The molecule has 0 radical (unpaired) electrons. The highest BCUT2D eigenvalue weighted by Gasteiger charge is 2.22. The van der Waals surface area contributed by atoms with Gasteiger partial charge in [-0.1, -0.05) is 12.1 Å². The molecular formula is C15H15FN2O2. The molecule has 0 spiro atoms. The van der Waals surface area contributed by atoms with Crippen LogP contribution in [-0.2, 0) is 11.2 Å². The van der Waals surface area contributed by atoms with Crippen molar-refractivity contribution in [2.24, 2.45) is 0 Å². The zero-order valence-corrected chi connectivity index (χ0v) is 11.3. The summed E-state index contributed by atoms with van der Waals surface area (Å²) in [5.74, 6) is -1.63. The van der Waals surface area contributed by atoms with Crippen molar-refractivity contribution >= 4 is 5.97 Å². The van der Waals surface area contributed by atoms with Crippen molar-refractivity contribution in [3.63, 3.8) is 0 Å². The maximum Gasteiger partial charge on any atom is 0.312 e. The van der Waals surface area contributed by atoms with E-state index < -0.39 is 11.9 Å². The quantitative estimate of drug-likeness (QED) is 0.931. The predicted molar refractivity (Wildman–Crippen MR) is 72.0 cm³/mol. The molecule has 2 aromatic rings. The third kappa shape index (κ3) is 3.38. The van der Waals surface area contributed by atoms with E-state index in [4.69, 9.17) is 0 Å². The Morgan fingerprint density at radius 1 is 1.30 bits per heavy atom. The van der Waals surface area contributed by atoms with Crippen LogP contribution >= 0.6 is 0 Å². The lowest BCUT2D eigenvalue weighted by molar-refractivity contribution is -0.138. The Morgan fingerprint density at radius 3 is 2.65 bits per heavy atom. The van der Waals surface area contributed by atoms with E-state index >= 15 is 0 Å². The third-order valence-corrected chi connectivity index (χ3v) is 2.97. The monoisotopic (exact) mass is 274 g/mol. The van der Waals surface area contributed by atoms with Crippen molar-refractivity contribution in [2.75, 3.05) is 0 Å². The number of hydrogen-bond acceptors (Lipinski definition) is 3. The van der Waals surface area contributed by atoms with Gasteiger partial charge in [-0.25, -0.2) is 14.4 Å². The van der Waals surface area contributed by atoms with Gasteiger partial charge in [0.2, 0.25) is 0 Å². The Kier molecular flexibility index (Phi) is 4.08. The summed E-state index contributed by atoms with van der Waals surface area (Å²) in [7, 11) is 0. The van der Waals surface area contributed by atoms with E-state index in [2.05, 4.69) is 9.97 Å². The van der Waals surface area contributed by atoms with E-state index in [1.165, 1.54) is 12.1 Å². The molecule has 1 aromatic carbocycles. The summed E-state index contributed by atoms with van der Waals surface area (Å²) in [6, 6.07) is 7.61. The van der Waals surface area contributed by atoms with Crippen LogP contribution in [0.3, 0.4) is 0 Å². The van der Waals surface area contributed by atoms with Gasteiger partial charge in [-0.05, 0) is 44.0 Å². The molecule has 2 rings (SSSR count). The van der Waals surface area contributed by atoms with E-state index in [0.29, 0.717) is 17.1 Å². The smallest absolute Gasteiger partial charge is 0.312 e. The van der Waals surface area contributed by atoms with Crippen LogP contribution < -0.4 is 0 Å². The standard InChI is InChI=1S/C15H15FN2O2/c1-9-6-14(18-10(2)17-9)13(15(19)20)8-11-4-3-5-12(16)7-11/h3-7,13H,8H2,1-2H3,(H,19,20). The molecule has 0 amide bonds. The molecule has 0 aliphatic carbocycles. The summed E-state index contributed by atoms with van der Waals surface area (Å²) >= 11 is 0. The average Bonchev–Trinajstić information content (AvgIpc) is 2.34. The van der Waals surface area contributed by atoms with Gasteiger partial charge in [0.15, 0.2) is 0 Å². The van der Waals surface area contributed by atoms with Crippen molar-refractivity contribution < 1.29 is 14.3 Å². The van der Waals surface area contributed by atoms with Crippen LogP contribution in [0.2, 0.25) is 0 Å². The van der Waals surface area contributed by atoms with E-state index in [1.54, 1.807) is 32.0 Å². The number of aromatic nitrogens is 2. The molecule has 5 heteroatoms. The van der Waals surface area contributed by atoms with E-state index in [-0.39, 0.29) is 12.2 Å². The fraction of sp³-hybridized carbons (Fsp3) is 0.267. The first kappa shape index (κ1) is 14.1. The first-order valence-corrected chi connectivity index (χ1v) is 6.25. The molecule has 1 heterocycles. The number of halogens is 1. The van der Waals surface area contributed by atoms with Crippen LogP contribution in [0.1, 0.15) is 28.7 Å². The number of carbonyl (C=O) groups is 1. The summed E-state index contributed by atoms with van der Waals surface area (Å²) < 4.78 is 13.2. The Bertz CT molecular complexity index is 623. The van der Waals surface area contributed by atoms with Crippen molar-refractivity contribution in [2.45, 2.75) is 26.2 Å². The Morgan fingerprint density at radius 2 is 2.05 bits per heavy atom. The largest absolute Gasteiger partial charge is 0.481 e. The Labute approximate surface area is 116 Å². The molecule has 1 N–H and O–H groups in total. The maximum atomic E-state index is 13.2. The molecule has 4 nitrogen and oxygen atoms in total. The average molecular weight is 274 g/mol. The van der Waals surface area contributed by atoms with Crippen molar-refractivity contribution in [1.29, 1.82) is 0 Å². The number of benzene rings is 1. The second kappa shape index (κ2) is 5.77. The lowest BCUT2D eigenvalue weighted by atomic mass is 9.95. The Hall–Kier alpha value is -2.30. The van der Waals surface area contributed by atoms with Crippen molar-refractivity contribution in [1.82, 2.24) is 9.97 Å². The molecule has 1 atom stereocenters. The lowest BCUT2D eigenvalue weighted by Gasteiger charge is -2.13. The van der Waals surface area contributed by atoms with Crippen LogP contribution in [0.5, 0.6) is 0 Å². The van der Waals surface area contributed by atoms with Crippen molar-refractivity contribution in [3.8, 4) is 0 Å². The van der Waals surface area contributed by atoms with E-state index in [9.17, 15) is 14.3 Å². The van der Waals surface area contributed by atoms with E-state index in [1.807, 2.05) is 0 Å². The van der Waals surface area contributed by atoms with Gasteiger partial charge in [-0.2, -0.15) is 0 Å². The van der Waals surface area contributed by atoms with Crippen LogP contribution in [-0.4, -0.2) is 21.0 Å². The Balaban J connectivity index is 2.34. The molecule has 0 bridgehead atoms. The van der Waals surface area contributed by atoms with Gasteiger partial charge in [0, 0.05) is 5.69 Å². The minimum absolute atomic E-state index is 0.197. The summed E-state index contributed by atoms with van der Waals surface area (Å²) in [5.41, 5.74) is 1.80. The maximum absolute atomic E-state index is 13.2. The number of nitrogens with zero attached hydrogens (tertiary/aromatic N) is 2. The summed E-state index contributed by atoms with van der Waals surface area (Å²) in [6.07, 6.45) is 0.197. The second-order valence-electron chi connectivity index (χ2n) is 4.71. The van der Waals surface area contributed by atoms with Gasteiger partial charge in [-0.3, -0.25) is 4.79 Å². The van der Waals surface area contributed by atoms with Crippen LogP contribution in [0.25, 0.3) is 0 Å². The molecule has 1 unspecified atom stereocenters. The normalized spacial score (nSPS) is 12.2. The number of aryl methyl sites for hydroxylation is 2. The second-order valence-corrected chi connectivity index (χ2v) is 4.71. The molecule has 0 saturated heterocycles. The van der Waals surface area contributed by atoms with E-state index in [0.717, 1.165) is 5.69 Å². The molecular weight excluding hydrogens is 259 g/mol. The topological polar surface area (TPSA) is 63.1 Å². The predicted octanol–water partition coefficient (Wildman–Crippen LogP) is 2.64. The zero-order valence-electron chi connectivity index (χ0n) is 11.3. The van der Waals surface area contributed by atoms with Gasteiger partial charge in [0.1, 0.15) is 17.6 Å². The summed E-state index contributed by atoms with van der Waals surface area (Å²) in [4.78, 5) is 19.8. The summed E-state index contributed by atoms with van der Waals surface area (Å²) in [6.45, 7) is 3.51. The fourth-order valence-electron chi connectivity index (χ4n) is 2.14. The zero-order chi connectivity index (χ0) is 14.7. The first-order valence-electron chi connectivity index (χ1n) is 6.25. The minimum Gasteiger partial charge on any atom is -0.481 e. The van der Waals surface area contributed by atoms with Gasteiger partial charge in [0.05, 0.1) is 5.69 Å². The number of hydrogen-bond donors (Lipinski definition) is 1. The highest BCUT2D eigenvalue weighted by Crippen LogP contribution is 2.21. The number of rotatable bonds is 4. The van der Waals surface area contributed by atoms with Gasteiger partial charge >= 0.3 is 5.97 Å². The molecule has 1 aromatic heterocycles. The SMILES string of the molecule is Cc1cc(C(Cc2cccc(F)c2)C(=O)O)nc(C)n1. The summed E-state index contributed by atoms with van der Waals surface area (Å²) in [5, 5.41) is 9.38. The van der Waals surface area contributed by atoms with Crippen LogP contribution in [0, 0.1) is 19.7 Å². The molecule has 0 aliphatic rings. The highest BCUT2D eigenvalue weighted by molar-refractivity contribution is 5.75. The highest BCUT2D eigenvalue weighted by atomic mass is 19.1. The molecule has 20 heavy (non-hydrogen) atoms. The van der Waals surface area contributed by atoms with Gasteiger partial charge in [0.25, 0.3) is 0 Å². The first-order chi connectivity index (χ1) is 9.45. The molecule has 0 aliphatic heterocycles. The van der Waals surface area contributed by atoms with Crippen LogP contribution in [0.15, 0.2) is 30.3 Å². The lowest BCUT2D eigenvalue weighted by Crippen LogP contribution is -2.17. The third-order valence-electron chi connectivity index (χ3n) is 2.97.